The van der Waals surface area contributed by atoms with Crippen LogP contribution >= 0.6 is 0 Å². The summed E-state index contributed by atoms with van der Waals surface area (Å²) in [5.41, 5.74) is -10.7. The third kappa shape index (κ3) is 12.6. The standard InChI is InChI=1S/C41H52O10Si.C40H50O11Si/c1-10-31(43)48-33-32-25(3)24(2)22-41(46,38(32,5)6)36(49-37(45)27-17-13-11-14-18-27)34-39(7,35(33)44)29(21-30-40(34,23-47-30)50-26(4)42)51-52(8,9)28-19-15-12-16-20-28;1-9-30(43)48-32-31-23(2)27(42)21-40(46,37(31,4)5)35(49-36(45)25-16-12-10-13-17-25)33-38(6,34(32)44)28(20-29-39(33,22-47-29)50-24(3)41)51-52(7,8)26-18-14-11-15-19-26/h11-20,24,29-30,33-34,36,46H,10,21-23H2,1-9H3;10-19,27-29,32-33,35,42,46H,9,20-22H2,1-8H3/t24-,29-,30+,33+,34-,36-,39+,40-,41+;27-,28-,29+,32+,33-,35-,38+,39-,40+/m00/s1. The number of ketones is 2. The lowest BCUT2D eigenvalue weighted by molar-refractivity contribution is -0.344. The Morgan fingerprint density at radius 1 is 0.510 bits per heavy atom. The second kappa shape index (κ2) is 28.1. The lowest BCUT2D eigenvalue weighted by Crippen LogP contribution is -2.82. The largest absolute Gasteiger partial charge is 0.455 e. The smallest absolute Gasteiger partial charge is 0.338 e. The fourth-order valence-corrected chi connectivity index (χ4v) is 23.4. The molecule has 6 fully saturated rings. The van der Waals surface area contributed by atoms with Crippen molar-refractivity contribution in [3.8, 4) is 0 Å². The van der Waals surface area contributed by atoms with Crippen molar-refractivity contribution >= 4 is 74.4 Å². The second-order valence-electron chi connectivity index (χ2n) is 32.3. The van der Waals surface area contributed by atoms with E-state index in [-0.39, 0.29) is 74.4 Å². The van der Waals surface area contributed by atoms with E-state index in [0.29, 0.717) is 11.1 Å². The molecule has 2 heterocycles. The predicted molar refractivity (Wildman–Crippen MR) is 387 cm³/mol. The fourth-order valence-electron chi connectivity index (χ4n) is 19.0. The van der Waals surface area contributed by atoms with Crippen molar-refractivity contribution in [1.82, 2.24) is 0 Å². The Morgan fingerprint density at radius 3 is 1.17 bits per heavy atom. The monoisotopic (exact) mass is 1470 g/mol. The molecule has 4 aromatic rings. The zero-order valence-electron chi connectivity index (χ0n) is 62.8. The average Bonchev–Trinajstić information content (AvgIpc) is 0.673. The summed E-state index contributed by atoms with van der Waals surface area (Å²) in [5, 5.41) is 40.5. The highest BCUT2D eigenvalue weighted by Gasteiger charge is 2.81. The van der Waals surface area contributed by atoms with Gasteiger partial charge in [0.05, 0.1) is 65.3 Å². The number of hydrogen-bond acceptors (Lipinski definition) is 21. The highest BCUT2D eigenvalue weighted by atomic mass is 28.4. The molecule has 104 heavy (non-hydrogen) atoms. The van der Waals surface area contributed by atoms with Gasteiger partial charge in [-0.3, -0.25) is 28.8 Å². The quantitative estimate of drug-likeness (QED) is 0.0407. The molecule has 21 nitrogen and oxygen atoms in total. The van der Waals surface area contributed by atoms with Crippen LogP contribution in [0.15, 0.2) is 144 Å². The summed E-state index contributed by atoms with van der Waals surface area (Å²) in [4.78, 5) is 113. The molecule has 6 aliphatic carbocycles. The number of carbonyl (C=O) groups excluding carboxylic acids is 8. The number of benzene rings is 4. The van der Waals surface area contributed by atoms with E-state index in [1.54, 1.807) is 123 Å². The van der Waals surface area contributed by atoms with Gasteiger partial charge < -0.3 is 62.1 Å². The van der Waals surface area contributed by atoms with Crippen LogP contribution in [0, 0.1) is 39.4 Å². The van der Waals surface area contributed by atoms with E-state index < -0.39 is 175 Å². The Balaban J connectivity index is 0.000000208. The van der Waals surface area contributed by atoms with E-state index in [0.717, 1.165) is 15.9 Å². The minimum Gasteiger partial charge on any atom is -0.455 e. The minimum atomic E-state index is -2.85. The fraction of sp³-hybridized carbons (Fsp3) is 0.556. The van der Waals surface area contributed by atoms with E-state index in [1.807, 2.05) is 101 Å². The molecule has 2 aliphatic heterocycles. The van der Waals surface area contributed by atoms with Gasteiger partial charge in [-0.1, -0.05) is 151 Å². The number of fused-ring (bicyclic) bond motifs is 10. The van der Waals surface area contributed by atoms with Crippen LogP contribution in [-0.2, 0) is 75.5 Å². The van der Waals surface area contributed by atoms with Crippen LogP contribution in [-0.4, -0.2) is 170 Å². The van der Waals surface area contributed by atoms with Crippen LogP contribution < -0.4 is 10.4 Å². The highest BCUT2D eigenvalue weighted by Crippen LogP contribution is 2.68. The van der Waals surface area contributed by atoms with Crippen molar-refractivity contribution < 1.29 is 100 Å². The van der Waals surface area contributed by atoms with Gasteiger partial charge in [-0.25, -0.2) is 9.59 Å². The number of aliphatic hydroxyl groups is 3. The van der Waals surface area contributed by atoms with Crippen LogP contribution in [0.25, 0.3) is 0 Å². The van der Waals surface area contributed by atoms with Crippen molar-refractivity contribution in [2.75, 3.05) is 13.2 Å². The first-order valence-electron chi connectivity index (χ1n) is 36.3. The third-order valence-electron chi connectivity index (χ3n) is 25.0. The van der Waals surface area contributed by atoms with Crippen molar-refractivity contribution in [2.24, 2.45) is 39.4 Å². The van der Waals surface area contributed by atoms with E-state index in [1.165, 1.54) is 13.8 Å². The molecule has 4 bridgehead atoms. The van der Waals surface area contributed by atoms with Gasteiger partial charge in [0.2, 0.25) is 16.6 Å². The molecule has 0 amide bonds. The first-order chi connectivity index (χ1) is 48.7. The Labute approximate surface area is 611 Å². The number of rotatable bonds is 16. The van der Waals surface area contributed by atoms with Gasteiger partial charge in [0.25, 0.3) is 0 Å². The molecule has 4 saturated carbocycles. The normalized spacial score (nSPS) is 35.2. The molecule has 12 rings (SSSR count). The molecule has 23 heteroatoms. The number of allylic oxidation sites excluding steroid dienone is 1. The number of aliphatic hydroxyl groups excluding tert-OH is 1. The number of esters is 6. The molecule has 4 aromatic carbocycles. The minimum absolute atomic E-state index is 0.0228. The number of hydrogen-bond donors (Lipinski definition) is 3. The zero-order chi connectivity index (χ0) is 76.0. The van der Waals surface area contributed by atoms with Crippen molar-refractivity contribution in [3.05, 3.63) is 155 Å². The van der Waals surface area contributed by atoms with Gasteiger partial charge in [-0.15, -0.1) is 0 Å². The molecule has 560 valence electrons. The highest BCUT2D eigenvalue weighted by molar-refractivity contribution is 6.84. The first-order valence-corrected chi connectivity index (χ1v) is 42.1. The lowest BCUT2D eigenvalue weighted by atomic mass is 9.44. The summed E-state index contributed by atoms with van der Waals surface area (Å²) in [6.07, 6.45) is -10.5. The van der Waals surface area contributed by atoms with Crippen LogP contribution in [0.2, 0.25) is 26.2 Å². The molecular formula is C81H102O21Si2. The summed E-state index contributed by atoms with van der Waals surface area (Å²) in [5.74, 6) is -7.77. The summed E-state index contributed by atoms with van der Waals surface area (Å²) >= 11 is 0. The van der Waals surface area contributed by atoms with Crippen LogP contribution in [0.1, 0.15) is 149 Å². The van der Waals surface area contributed by atoms with Gasteiger partial charge in [0.15, 0.2) is 35.0 Å². The van der Waals surface area contributed by atoms with Gasteiger partial charge in [-0.2, -0.15) is 0 Å². The maximum Gasteiger partial charge on any atom is 0.338 e. The van der Waals surface area contributed by atoms with E-state index >= 15 is 9.59 Å². The van der Waals surface area contributed by atoms with Crippen LogP contribution in [0.5, 0.6) is 0 Å². The summed E-state index contributed by atoms with van der Waals surface area (Å²) in [7, 11) is -5.65. The second-order valence-corrected chi connectivity index (χ2v) is 40.0. The Morgan fingerprint density at radius 2 is 0.846 bits per heavy atom. The Bertz CT molecular complexity index is 3800. The van der Waals surface area contributed by atoms with Crippen molar-refractivity contribution in [2.45, 2.75) is 232 Å². The van der Waals surface area contributed by atoms with Gasteiger partial charge >= 0.3 is 35.8 Å². The number of ether oxygens (including phenoxy) is 8. The molecule has 8 aliphatic rings. The molecule has 0 radical (unpaired) electrons. The van der Waals surface area contributed by atoms with Gasteiger partial charge in [0.1, 0.15) is 35.6 Å². The maximum atomic E-state index is 15.9. The van der Waals surface area contributed by atoms with E-state index in [4.69, 9.17) is 46.7 Å². The molecule has 0 aromatic heterocycles. The maximum absolute atomic E-state index is 15.9. The SMILES string of the molecule is CCC(=O)O[C@H]1C(=O)[C@]2(C)[C@@H](O[Si](C)(C)c3ccccc3)C[C@H]3OC[C@@]3(OC(C)=O)[C@H]2[C@H](OC(=O)c2ccccc2)[C@]2(O)C[C@H](C)C(C)=C1C2(C)C.CCC(=O)O[C@H]1C(=O)[C@]2(C)[C@@H](O[Si](C)(C)c3ccccc3)C[C@H]3OC[C@@]3(OC(C)=O)[C@H]2[C@H](OC(=O)c2ccccc2)[C@]2(O)C[C@H](O)C(C)=C1C2(C)C. The third-order valence-corrected chi connectivity index (χ3v) is 30.2. The average molecular weight is 1470 g/mol. The van der Waals surface area contributed by atoms with Crippen molar-refractivity contribution in [3.63, 3.8) is 0 Å². The molecular weight excluding hydrogens is 1370 g/mol. The lowest BCUT2D eigenvalue weighted by Gasteiger charge is -2.68. The molecule has 0 unspecified atom stereocenters. The molecule has 2 saturated heterocycles. The Hall–Kier alpha value is -7.33. The van der Waals surface area contributed by atoms with E-state index in [9.17, 15) is 44.1 Å². The Kier molecular flexibility index (Phi) is 21.0. The van der Waals surface area contributed by atoms with Crippen LogP contribution in [0.4, 0.5) is 0 Å². The molecule has 18 atom stereocenters. The summed E-state index contributed by atoms with van der Waals surface area (Å²) < 4.78 is 64.6. The number of carbonyl (C=O) groups is 8. The molecule has 3 N–H and O–H groups in total. The summed E-state index contributed by atoms with van der Waals surface area (Å²) in [6.45, 7) is 29.6. The predicted octanol–water partition coefficient (Wildman–Crippen LogP) is 9.63. The number of Topliss-reactive ketones (excluding diaryl/α,β-unsaturated/α-hetero) is 2. The van der Waals surface area contributed by atoms with Gasteiger partial charge in [0, 0.05) is 56.8 Å². The first kappa shape index (κ1) is 77.8. The summed E-state index contributed by atoms with van der Waals surface area (Å²) in [6, 6.07) is 36.2. The van der Waals surface area contributed by atoms with Crippen molar-refractivity contribution in [1.29, 1.82) is 0 Å². The topological polar surface area (TPSA) is 290 Å². The van der Waals surface area contributed by atoms with Gasteiger partial charge in [-0.05, 0) is 118 Å². The zero-order valence-corrected chi connectivity index (χ0v) is 64.8. The van der Waals surface area contributed by atoms with E-state index in [2.05, 4.69) is 0 Å². The molecule has 0 spiro atoms. The van der Waals surface area contributed by atoms with Crippen LogP contribution in [0.3, 0.4) is 0 Å².